The maximum absolute atomic E-state index is 6.39. The van der Waals surface area contributed by atoms with Crippen LogP contribution in [0.2, 0.25) is 0 Å². The summed E-state index contributed by atoms with van der Waals surface area (Å²) < 4.78 is 5.60. The van der Waals surface area contributed by atoms with E-state index in [1.165, 1.54) is 32.1 Å². The normalized spacial score (nSPS) is 40.9. The first-order valence-corrected chi connectivity index (χ1v) is 5.90. The van der Waals surface area contributed by atoms with E-state index in [4.69, 9.17) is 10.5 Å². The van der Waals surface area contributed by atoms with E-state index in [0.717, 1.165) is 19.7 Å². The molecule has 2 bridgehead atoms. The van der Waals surface area contributed by atoms with E-state index >= 15 is 0 Å². The third kappa shape index (κ3) is 1.47. The Hall–Kier alpha value is -0.120. The van der Waals surface area contributed by atoms with Crippen molar-refractivity contribution in [1.29, 1.82) is 0 Å². The van der Waals surface area contributed by atoms with Gasteiger partial charge in [0.25, 0.3) is 0 Å². The molecule has 3 nitrogen and oxygen atoms in total. The van der Waals surface area contributed by atoms with E-state index in [1.807, 2.05) is 0 Å². The molecule has 14 heavy (non-hydrogen) atoms. The molecule has 3 fully saturated rings. The van der Waals surface area contributed by atoms with Crippen LogP contribution in [0.15, 0.2) is 0 Å². The molecule has 0 aromatic carbocycles. The van der Waals surface area contributed by atoms with Crippen molar-refractivity contribution in [3.05, 3.63) is 0 Å². The zero-order valence-electron chi connectivity index (χ0n) is 8.74. The Morgan fingerprint density at radius 2 is 2.14 bits per heavy atom. The van der Waals surface area contributed by atoms with E-state index < -0.39 is 0 Å². The zero-order chi connectivity index (χ0) is 9.60. The molecule has 0 aromatic rings. The molecule has 0 radical (unpaired) electrons. The maximum atomic E-state index is 6.39. The van der Waals surface area contributed by atoms with Gasteiger partial charge in [-0.2, -0.15) is 0 Å². The van der Waals surface area contributed by atoms with Crippen molar-refractivity contribution < 1.29 is 4.74 Å². The van der Waals surface area contributed by atoms with Crippen molar-refractivity contribution in [2.45, 2.75) is 49.8 Å². The number of fused-ring (bicyclic) bond motifs is 2. The van der Waals surface area contributed by atoms with Gasteiger partial charge in [-0.3, -0.25) is 4.90 Å². The quantitative estimate of drug-likeness (QED) is 0.707. The summed E-state index contributed by atoms with van der Waals surface area (Å²) in [5.74, 6) is 0. The molecule has 1 aliphatic carbocycles. The molecule has 2 atom stereocenters. The van der Waals surface area contributed by atoms with Gasteiger partial charge < -0.3 is 10.5 Å². The SMILES string of the molecule is NC1(CN2CC3CC2CO3)CCCC1. The standard InChI is InChI=1S/C11H20N2O/c12-11(3-1-2-4-11)8-13-6-10-5-9(13)7-14-10/h9-10H,1-8,12H2. The molecule has 2 aliphatic heterocycles. The van der Waals surface area contributed by atoms with Gasteiger partial charge in [-0.15, -0.1) is 0 Å². The van der Waals surface area contributed by atoms with Crippen LogP contribution in [-0.2, 0) is 4.74 Å². The summed E-state index contributed by atoms with van der Waals surface area (Å²) in [6.45, 7) is 3.18. The highest BCUT2D eigenvalue weighted by Gasteiger charge is 2.42. The van der Waals surface area contributed by atoms with Gasteiger partial charge in [0.2, 0.25) is 0 Å². The molecule has 80 valence electrons. The van der Waals surface area contributed by atoms with Crippen LogP contribution in [0.3, 0.4) is 0 Å². The summed E-state index contributed by atoms with van der Waals surface area (Å²) >= 11 is 0. The average Bonchev–Trinajstić information content (AvgIpc) is 2.80. The second-order valence-corrected chi connectivity index (χ2v) is 5.34. The molecule has 2 heterocycles. The summed E-state index contributed by atoms with van der Waals surface area (Å²) in [4.78, 5) is 2.57. The van der Waals surface area contributed by atoms with Gasteiger partial charge in [-0.1, -0.05) is 12.8 Å². The van der Waals surface area contributed by atoms with Crippen LogP contribution < -0.4 is 5.73 Å². The van der Waals surface area contributed by atoms with Crippen LogP contribution in [0, 0.1) is 0 Å². The molecule has 2 saturated heterocycles. The Labute approximate surface area is 85.6 Å². The summed E-state index contributed by atoms with van der Waals surface area (Å²) in [7, 11) is 0. The highest BCUT2D eigenvalue weighted by molar-refractivity contribution is 4.98. The molecule has 1 saturated carbocycles. The Bertz CT molecular complexity index is 225. The number of nitrogens with zero attached hydrogens (tertiary/aromatic N) is 1. The lowest BCUT2D eigenvalue weighted by Gasteiger charge is -2.34. The van der Waals surface area contributed by atoms with Gasteiger partial charge in [0, 0.05) is 24.7 Å². The first-order valence-electron chi connectivity index (χ1n) is 5.90. The number of hydrogen-bond donors (Lipinski definition) is 1. The minimum Gasteiger partial charge on any atom is -0.375 e. The topological polar surface area (TPSA) is 38.5 Å². The molecule has 3 rings (SSSR count). The van der Waals surface area contributed by atoms with Crippen molar-refractivity contribution in [2.75, 3.05) is 19.7 Å². The maximum Gasteiger partial charge on any atom is 0.0718 e. The van der Waals surface area contributed by atoms with E-state index in [0.29, 0.717) is 12.1 Å². The Morgan fingerprint density at radius 1 is 1.36 bits per heavy atom. The van der Waals surface area contributed by atoms with Gasteiger partial charge in [-0.25, -0.2) is 0 Å². The van der Waals surface area contributed by atoms with Crippen LogP contribution in [0.4, 0.5) is 0 Å². The van der Waals surface area contributed by atoms with Crippen molar-refractivity contribution in [1.82, 2.24) is 4.90 Å². The van der Waals surface area contributed by atoms with Crippen molar-refractivity contribution in [3.8, 4) is 0 Å². The number of morpholine rings is 1. The van der Waals surface area contributed by atoms with Crippen LogP contribution in [-0.4, -0.2) is 42.3 Å². The number of hydrogen-bond acceptors (Lipinski definition) is 3. The van der Waals surface area contributed by atoms with Gasteiger partial charge in [0.1, 0.15) is 0 Å². The molecule has 2 N–H and O–H groups in total. The molecule has 0 aromatic heterocycles. The van der Waals surface area contributed by atoms with E-state index in [1.54, 1.807) is 0 Å². The highest BCUT2D eigenvalue weighted by Crippen LogP contribution is 2.33. The van der Waals surface area contributed by atoms with E-state index in [-0.39, 0.29) is 5.54 Å². The fourth-order valence-corrected chi connectivity index (χ4v) is 3.31. The van der Waals surface area contributed by atoms with Crippen molar-refractivity contribution in [2.24, 2.45) is 5.73 Å². The molecule has 3 aliphatic rings. The third-order valence-corrected chi connectivity index (χ3v) is 4.13. The second kappa shape index (κ2) is 3.19. The van der Waals surface area contributed by atoms with E-state index in [2.05, 4.69) is 4.90 Å². The fraction of sp³-hybridized carbons (Fsp3) is 1.00. The smallest absolute Gasteiger partial charge is 0.0718 e. The Kier molecular flexibility index (Phi) is 2.08. The third-order valence-electron chi connectivity index (χ3n) is 4.13. The monoisotopic (exact) mass is 196 g/mol. The first kappa shape index (κ1) is 9.13. The molecule has 2 unspecified atom stereocenters. The molecule has 0 spiro atoms. The minimum atomic E-state index is 0.129. The Balaban J connectivity index is 1.62. The van der Waals surface area contributed by atoms with Crippen LogP contribution >= 0.6 is 0 Å². The lowest BCUT2D eigenvalue weighted by molar-refractivity contribution is 0.0219. The number of likely N-dealkylation sites (tertiary alicyclic amines) is 1. The van der Waals surface area contributed by atoms with Crippen LogP contribution in [0.5, 0.6) is 0 Å². The zero-order valence-corrected chi connectivity index (χ0v) is 8.74. The number of nitrogens with two attached hydrogens (primary N) is 1. The fourth-order valence-electron chi connectivity index (χ4n) is 3.31. The predicted molar refractivity (Wildman–Crippen MR) is 55.1 cm³/mol. The summed E-state index contributed by atoms with van der Waals surface area (Å²) in [5, 5.41) is 0. The summed E-state index contributed by atoms with van der Waals surface area (Å²) in [5.41, 5.74) is 6.52. The highest BCUT2D eigenvalue weighted by atomic mass is 16.5. The van der Waals surface area contributed by atoms with Gasteiger partial charge in [0.15, 0.2) is 0 Å². The largest absolute Gasteiger partial charge is 0.375 e. The molecular formula is C11H20N2O. The van der Waals surface area contributed by atoms with Gasteiger partial charge in [0.05, 0.1) is 12.7 Å². The van der Waals surface area contributed by atoms with Crippen LogP contribution in [0.25, 0.3) is 0 Å². The first-order chi connectivity index (χ1) is 6.75. The van der Waals surface area contributed by atoms with Crippen molar-refractivity contribution >= 4 is 0 Å². The average molecular weight is 196 g/mol. The van der Waals surface area contributed by atoms with Gasteiger partial charge in [-0.05, 0) is 19.3 Å². The minimum absolute atomic E-state index is 0.129. The summed E-state index contributed by atoms with van der Waals surface area (Å²) in [6.07, 6.45) is 6.87. The molecule has 3 heteroatoms. The summed E-state index contributed by atoms with van der Waals surface area (Å²) in [6, 6.07) is 0.682. The van der Waals surface area contributed by atoms with Gasteiger partial charge >= 0.3 is 0 Å². The number of ether oxygens (including phenoxy) is 1. The number of rotatable bonds is 2. The molecule has 0 amide bonds. The second-order valence-electron chi connectivity index (χ2n) is 5.34. The molecular weight excluding hydrogens is 176 g/mol. The predicted octanol–water partition coefficient (Wildman–Crippen LogP) is 0.731. The van der Waals surface area contributed by atoms with Crippen LogP contribution in [0.1, 0.15) is 32.1 Å². The lowest BCUT2D eigenvalue weighted by Crippen LogP contribution is -2.51. The van der Waals surface area contributed by atoms with E-state index in [9.17, 15) is 0 Å². The Morgan fingerprint density at radius 3 is 2.71 bits per heavy atom. The lowest BCUT2D eigenvalue weighted by atomic mass is 9.98. The van der Waals surface area contributed by atoms with Crippen molar-refractivity contribution in [3.63, 3.8) is 0 Å².